The zero-order chi connectivity index (χ0) is 21.8. The van der Waals surface area contributed by atoms with Gasteiger partial charge in [-0.2, -0.15) is 0 Å². The van der Waals surface area contributed by atoms with Crippen LogP contribution in [0, 0.1) is 5.92 Å². The Bertz CT molecular complexity index is 969. The summed E-state index contributed by atoms with van der Waals surface area (Å²) in [6.45, 7) is 4.79. The quantitative estimate of drug-likeness (QED) is 0.651. The van der Waals surface area contributed by atoms with Crippen molar-refractivity contribution in [1.29, 1.82) is 0 Å². The fraction of sp³-hybridized carbons (Fsp3) is 0.304. The molecule has 7 heteroatoms. The molecular formula is C23H25ClN2O4. The minimum Gasteiger partial charge on any atom is -0.493 e. The Balaban J connectivity index is 2.01. The number of hydrogen-bond acceptors (Lipinski definition) is 5. The molecule has 0 aromatic heterocycles. The first-order valence-electron chi connectivity index (χ1n) is 9.77. The molecule has 6 nitrogen and oxygen atoms in total. The van der Waals surface area contributed by atoms with E-state index in [-0.39, 0.29) is 24.4 Å². The fourth-order valence-electron chi connectivity index (χ4n) is 3.22. The highest BCUT2D eigenvalue weighted by Gasteiger charge is 2.41. The summed E-state index contributed by atoms with van der Waals surface area (Å²) >= 11 is 6.07. The van der Waals surface area contributed by atoms with E-state index in [9.17, 15) is 14.7 Å². The van der Waals surface area contributed by atoms with Gasteiger partial charge < -0.3 is 14.7 Å². The number of anilines is 1. The first-order chi connectivity index (χ1) is 14.3. The molecule has 0 fully saturated rings. The summed E-state index contributed by atoms with van der Waals surface area (Å²) in [4.78, 5) is 29.3. The Hall–Kier alpha value is -2.83. The third-order valence-corrected chi connectivity index (χ3v) is 4.90. The number of halogens is 1. The van der Waals surface area contributed by atoms with Gasteiger partial charge in [0.05, 0.1) is 24.5 Å². The lowest BCUT2D eigenvalue weighted by atomic mass is 10.0. The van der Waals surface area contributed by atoms with Gasteiger partial charge >= 0.3 is 0 Å². The predicted octanol–water partition coefficient (Wildman–Crippen LogP) is 3.58. The van der Waals surface area contributed by atoms with Crippen LogP contribution in [0.3, 0.4) is 0 Å². The van der Waals surface area contributed by atoms with Crippen molar-refractivity contribution in [3.05, 3.63) is 64.8 Å². The molecule has 0 bridgehead atoms. The number of benzene rings is 2. The molecule has 2 amide bonds. The molecule has 1 aliphatic heterocycles. The summed E-state index contributed by atoms with van der Waals surface area (Å²) in [5.74, 6) is 0.208. The number of aliphatic hydroxyl groups excluding tert-OH is 1. The molecule has 30 heavy (non-hydrogen) atoms. The summed E-state index contributed by atoms with van der Waals surface area (Å²) in [5.41, 5.74) is 1.53. The molecule has 0 saturated heterocycles. The highest BCUT2D eigenvalue weighted by molar-refractivity contribution is 6.45. The van der Waals surface area contributed by atoms with Gasteiger partial charge in [-0.25, -0.2) is 4.90 Å². The second-order valence-corrected chi connectivity index (χ2v) is 7.96. The van der Waals surface area contributed by atoms with Crippen LogP contribution in [-0.4, -0.2) is 48.6 Å². The summed E-state index contributed by atoms with van der Waals surface area (Å²) < 4.78 is 5.71. The zero-order valence-corrected chi connectivity index (χ0v) is 18.0. The van der Waals surface area contributed by atoms with Gasteiger partial charge in [0.25, 0.3) is 11.8 Å². The van der Waals surface area contributed by atoms with Crippen LogP contribution in [0.15, 0.2) is 54.2 Å². The molecule has 0 aliphatic carbocycles. The lowest BCUT2D eigenvalue weighted by molar-refractivity contribution is -0.120. The molecule has 2 aromatic rings. The van der Waals surface area contributed by atoms with Crippen LogP contribution < -0.4 is 9.64 Å². The average Bonchev–Trinajstić information content (AvgIpc) is 2.97. The van der Waals surface area contributed by atoms with E-state index in [4.69, 9.17) is 16.3 Å². The second-order valence-electron chi connectivity index (χ2n) is 7.52. The van der Waals surface area contributed by atoms with Gasteiger partial charge in [-0.15, -0.1) is 0 Å². The average molecular weight is 429 g/mol. The van der Waals surface area contributed by atoms with Crippen LogP contribution in [-0.2, 0) is 9.59 Å². The van der Waals surface area contributed by atoms with E-state index in [1.54, 1.807) is 60.5 Å². The Kier molecular flexibility index (Phi) is 6.80. The molecule has 2 aromatic carbocycles. The maximum Gasteiger partial charge on any atom is 0.282 e. The zero-order valence-electron chi connectivity index (χ0n) is 17.3. The number of carbonyl (C=O) groups excluding carboxylic acids is 2. The largest absolute Gasteiger partial charge is 0.493 e. The van der Waals surface area contributed by atoms with Crippen molar-refractivity contribution in [2.75, 3.05) is 31.7 Å². The minimum atomic E-state index is -0.451. The van der Waals surface area contributed by atoms with Gasteiger partial charge in [-0.3, -0.25) is 9.59 Å². The number of likely N-dealkylation sites (N-methyl/N-ethyl adjacent to an activating group) is 1. The second kappa shape index (κ2) is 9.32. The van der Waals surface area contributed by atoms with Crippen molar-refractivity contribution in [1.82, 2.24) is 4.90 Å². The van der Waals surface area contributed by atoms with Gasteiger partial charge in [-0.1, -0.05) is 43.6 Å². The summed E-state index contributed by atoms with van der Waals surface area (Å²) in [6, 6.07) is 13.7. The Labute approximate surface area is 181 Å². The SMILES string of the molecule is CC(C)COc1ccc(C2=C(N(C)CCO)C(=O)N(c3cccc(Cl)c3)C2=O)cc1. The normalized spacial score (nSPS) is 14.1. The summed E-state index contributed by atoms with van der Waals surface area (Å²) in [5, 5.41) is 9.79. The van der Waals surface area contributed by atoms with Crippen molar-refractivity contribution in [2.45, 2.75) is 13.8 Å². The molecule has 0 radical (unpaired) electrons. The summed E-state index contributed by atoms with van der Waals surface area (Å²) in [7, 11) is 1.68. The monoisotopic (exact) mass is 428 g/mol. The molecule has 0 saturated carbocycles. The van der Waals surface area contributed by atoms with Crippen LogP contribution in [0.2, 0.25) is 5.02 Å². The standard InChI is InChI=1S/C23H25ClN2O4/c1-15(2)14-30-19-9-7-16(8-10-19)20-21(25(3)11-12-27)23(29)26(22(20)28)18-6-4-5-17(24)13-18/h4-10,13,15,27H,11-12,14H2,1-3H3. The molecule has 0 unspecified atom stereocenters. The molecule has 158 valence electrons. The number of amides is 2. The van der Waals surface area contributed by atoms with Gasteiger partial charge in [0, 0.05) is 18.6 Å². The maximum atomic E-state index is 13.3. The van der Waals surface area contributed by atoms with Crippen molar-refractivity contribution in [3.63, 3.8) is 0 Å². The Morgan fingerprint density at radius 3 is 2.40 bits per heavy atom. The number of hydrogen-bond donors (Lipinski definition) is 1. The first kappa shape index (κ1) is 21.9. The minimum absolute atomic E-state index is 0.145. The fourth-order valence-corrected chi connectivity index (χ4v) is 3.41. The number of imide groups is 1. The first-order valence-corrected chi connectivity index (χ1v) is 10.1. The number of aliphatic hydroxyl groups is 1. The maximum absolute atomic E-state index is 13.3. The van der Waals surface area contributed by atoms with Crippen LogP contribution in [0.1, 0.15) is 19.4 Å². The lowest BCUT2D eigenvalue weighted by Crippen LogP contribution is -2.34. The molecule has 0 atom stereocenters. The predicted molar refractivity (Wildman–Crippen MR) is 117 cm³/mol. The van der Waals surface area contributed by atoms with E-state index in [0.717, 1.165) is 4.90 Å². The van der Waals surface area contributed by atoms with E-state index in [2.05, 4.69) is 13.8 Å². The number of carbonyl (C=O) groups is 2. The molecule has 1 heterocycles. The molecule has 0 spiro atoms. The molecular weight excluding hydrogens is 404 g/mol. The molecule has 1 N–H and O–H groups in total. The number of ether oxygens (including phenoxy) is 1. The highest BCUT2D eigenvalue weighted by atomic mass is 35.5. The van der Waals surface area contributed by atoms with E-state index in [1.165, 1.54) is 0 Å². The van der Waals surface area contributed by atoms with E-state index >= 15 is 0 Å². The number of rotatable bonds is 8. The van der Waals surface area contributed by atoms with Gasteiger partial charge in [0.15, 0.2) is 0 Å². The van der Waals surface area contributed by atoms with Crippen LogP contribution in [0.4, 0.5) is 5.69 Å². The third kappa shape index (κ3) is 4.50. The van der Waals surface area contributed by atoms with Gasteiger partial charge in [0.1, 0.15) is 11.4 Å². The van der Waals surface area contributed by atoms with Crippen molar-refractivity contribution in [3.8, 4) is 5.75 Å². The van der Waals surface area contributed by atoms with Crippen LogP contribution in [0.5, 0.6) is 5.75 Å². The topological polar surface area (TPSA) is 70.1 Å². The lowest BCUT2D eigenvalue weighted by Gasteiger charge is -2.20. The van der Waals surface area contributed by atoms with Crippen LogP contribution in [0.25, 0.3) is 5.57 Å². The van der Waals surface area contributed by atoms with E-state index in [0.29, 0.717) is 34.5 Å². The number of nitrogens with zero attached hydrogens (tertiary/aromatic N) is 2. The van der Waals surface area contributed by atoms with Crippen molar-refractivity contribution < 1.29 is 19.4 Å². The highest BCUT2D eigenvalue weighted by Crippen LogP contribution is 2.35. The van der Waals surface area contributed by atoms with Crippen molar-refractivity contribution in [2.24, 2.45) is 5.92 Å². The van der Waals surface area contributed by atoms with E-state index in [1.807, 2.05) is 0 Å². The summed E-state index contributed by atoms with van der Waals surface area (Å²) in [6.07, 6.45) is 0. The van der Waals surface area contributed by atoms with Gasteiger partial charge in [-0.05, 0) is 41.8 Å². The third-order valence-electron chi connectivity index (χ3n) is 4.67. The Morgan fingerprint density at radius 2 is 1.80 bits per heavy atom. The molecule has 3 rings (SSSR count). The Morgan fingerprint density at radius 1 is 1.10 bits per heavy atom. The van der Waals surface area contributed by atoms with Gasteiger partial charge in [0.2, 0.25) is 0 Å². The smallest absolute Gasteiger partial charge is 0.282 e. The van der Waals surface area contributed by atoms with Crippen LogP contribution >= 0.6 is 11.6 Å². The van der Waals surface area contributed by atoms with E-state index < -0.39 is 11.8 Å². The molecule has 1 aliphatic rings. The van der Waals surface area contributed by atoms with Crippen molar-refractivity contribution >= 4 is 34.7 Å².